The molecule has 0 spiro atoms. The van der Waals surface area contributed by atoms with Crippen molar-refractivity contribution in [3.8, 4) is 0 Å². The quantitative estimate of drug-likeness (QED) is 0.844. The van der Waals surface area contributed by atoms with Gasteiger partial charge in [0.1, 0.15) is 5.82 Å². The van der Waals surface area contributed by atoms with Crippen LogP contribution >= 0.6 is 0 Å². The van der Waals surface area contributed by atoms with Gasteiger partial charge in [-0.25, -0.2) is 4.98 Å². The summed E-state index contributed by atoms with van der Waals surface area (Å²) in [5.74, 6) is 1.86. The van der Waals surface area contributed by atoms with Gasteiger partial charge in [0.15, 0.2) is 0 Å². The summed E-state index contributed by atoms with van der Waals surface area (Å²) in [6, 6.07) is 0. The second-order valence-corrected chi connectivity index (χ2v) is 4.66. The predicted octanol–water partition coefficient (Wildman–Crippen LogP) is 1.82. The summed E-state index contributed by atoms with van der Waals surface area (Å²) < 4.78 is 0. The number of anilines is 1. The first kappa shape index (κ1) is 12.3. The highest BCUT2D eigenvalue weighted by atomic mass is 15.2. The van der Waals surface area contributed by atoms with E-state index in [0.29, 0.717) is 0 Å². The van der Waals surface area contributed by atoms with Crippen molar-refractivity contribution in [1.82, 2.24) is 15.3 Å². The Morgan fingerprint density at radius 2 is 2.24 bits per heavy atom. The first-order chi connectivity index (χ1) is 8.33. The van der Waals surface area contributed by atoms with Crippen molar-refractivity contribution in [2.45, 2.75) is 33.2 Å². The number of rotatable bonds is 5. The first-order valence-corrected chi connectivity index (χ1v) is 6.60. The summed E-state index contributed by atoms with van der Waals surface area (Å²) >= 11 is 0. The van der Waals surface area contributed by atoms with Crippen LogP contribution in [0.4, 0.5) is 5.82 Å². The zero-order chi connectivity index (χ0) is 12.1. The molecule has 1 N–H and O–H groups in total. The van der Waals surface area contributed by atoms with Crippen molar-refractivity contribution < 1.29 is 0 Å². The van der Waals surface area contributed by atoms with E-state index in [0.717, 1.165) is 43.6 Å². The molecule has 1 unspecified atom stereocenters. The molecular formula is C13H22N4. The molecule has 1 fully saturated rings. The minimum absolute atomic E-state index is 0.807. The van der Waals surface area contributed by atoms with Gasteiger partial charge in [-0.05, 0) is 18.9 Å². The molecule has 1 aromatic heterocycles. The van der Waals surface area contributed by atoms with E-state index < -0.39 is 0 Å². The van der Waals surface area contributed by atoms with Gasteiger partial charge in [-0.15, -0.1) is 0 Å². The molecule has 94 valence electrons. The number of nitrogens with one attached hydrogen (secondary N) is 1. The summed E-state index contributed by atoms with van der Waals surface area (Å²) in [4.78, 5) is 11.3. The van der Waals surface area contributed by atoms with Crippen molar-refractivity contribution >= 4 is 5.82 Å². The Bertz CT molecular complexity index is 336. The van der Waals surface area contributed by atoms with E-state index in [2.05, 4.69) is 34.0 Å². The second-order valence-electron chi connectivity index (χ2n) is 4.66. The topological polar surface area (TPSA) is 41.1 Å². The molecule has 2 rings (SSSR count). The van der Waals surface area contributed by atoms with Crippen LogP contribution in [-0.4, -0.2) is 29.6 Å². The Balaban J connectivity index is 1.94. The van der Waals surface area contributed by atoms with Gasteiger partial charge in [-0.2, -0.15) is 0 Å². The average Bonchev–Trinajstić information content (AvgIpc) is 2.86. The van der Waals surface area contributed by atoms with Gasteiger partial charge < -0.3 is 10.2 Å². The minimum Gasteiger partial charge on any atom is -0.355 e. The normalized spacial score (nSPS) is 19.9. The van der Waals surface area contributed by atoms with Gasteiger partial charge in [0.25, 0.3) is 0 Å². The van der Waals surface area contributed by atoms with E-state index in [1.807, 2.05) is 12.4 Å². The smallest absolute Gasteiger partial charge is 0.147 e. The summed E-state index contributed by atoms with van der Waals surface area (Å²) in [5.41, 5.74) is 1.02. The van der Waals surface area contributed by atoms with Gasteiger partial charge in [-0.3, -0.25) is 4.98 Å². The van der Waals surface area contributed by atoms with Crippen molar-refractivity contribution in [2.24, 2.45) is 5.92 Å². The molecule has 2 heterocycles. The maximum absolute atomic E-state index is 4.51. The largest absolute Gasteiger partial charge is 0.355 e. The van der Waals surface area contributed by atoms with Crippen molar-refractivity contribution in [2.75, 3.05) is 24.5 Å². The Kier molecular flexibility index (Phi) is 4.31. The summed E-state index contributed by atoms with van der Waals surface area (Å²) in [6.07, 6.45) is 6.35. The van der Waals surface area contributed by atoms with Gasteiger partial charge in [0.05, 0.1) is 18.1 Å². The van der Waals surface area contributed by atoms with E-state index >= 15 is 0 Å². The zero-order valence-corrected chi connectivity index (χ0v) is 10.8. The van der Waals surface area contributed by atoms with E-state index in [-0.39, 0.29) is 0 Å². The monoisotopic (exact) mass is 234 g/mol. The Labute approximate surface area is 103 Å². The van der Waals surface area contributed by atoms with Crippen LogP contribution in [0.25, 0.3) is 0 Å². The third-order valence-electron chi connectivity index (χ3n) is 3.44. The van der Waals surface area contributed by atoms with Gasteiger partial charge >= 0.3 is 0 Å². The lowest BCUT2D eigenvalue weighted by Gasteiger charge is -2.16. The maximum Gasteiger partial charge on any atom is 0.147 e. The molecule has 0 aromatic carbocycles. The number of nitrogens with zero attached hydrogens (tertiary/aromatic N) is 3. The molecule has 1 aliphatic heterocycles. The van der Waals surface area contributed by atoms with Crippen molar-refractivity contribution in [3.63, 3.8) is 0 Å². The van der Waals surface area contributed by atoms with E-state index in [1.165, 1.54) is 12.8 Å². The highest BCUT2D eigenvalue weighted by molar-refractivity contribution is 5.37. The summed E-state index contributed by atoms with van der Waals surface area (Å²) in [6.45, 7) is 8.39. The fraction of sp³-hybridized carbons (Fsp3) is 0.692. The Hall–Kier alpha value is -1.16. The molecule has 0 radical (unpaired) electrons. The van der Waals surface area contributed by atoms with Gasteiger partial charge in [-0.1, -0.05) is 20.3 Å². The van der Waals surface area contributed by atoms with Crippen LogP contribution in [0.3, 0.4) is 0 Å². The SMILES string of the molecule is CCNCc1cnc(N2CCC(CC)C2)cn1. The average molecular weight is 234 g/mol. The van der Waals surface area contributed by atoms with E-state index in [1.54, 1.807) is 0 Å². The van der Waals surface area contributed by atoms with Crippen molar-refractivity contribution in [3.05, 3.63) is 18.1 Å². The fourth-order valence-electron chi connectivity index (χ4n) is 2.23. The lowest BCUT2D eigenvalue weighted by molar-refractivity contribution is 0.568. The van der Waals surface area contributed by atoms with Crippen LogP contribution in [0.15, 0.2) is 12.4 Å². The summed E-state index contributed by atoms with van der Waals surface area (Å²) in [7, 11) is 0. The molecule has 4 nitrogen and oxygen atoms in total. The molecule has 0 aliphatic carbocycles. The molecule has 4 heteroatoms. The molecule has 0 bridgehead atoms. The standard InChI is InChI=1S/C13H22N4/c1-3-11-5-6-17(10-11)13-9-15-12(8-16-13)7-14-4-2/h8-9,11,14H,3-7,10H2,1-2H3. The molecule has 1 aliphatic rings. The summed E-state index contributed by atoms with van der Waals surface area (Å²) in [5, 5.41) is 3.25. The molecule has 0 amide bonds. The third kappa shape index (κ3) is 3.16. The fourth-order valence-corrected chi connectivity index (χ4v) is 2.23. The Morgan fingerprint density at radius 1 is 1.35 bits per heavy atom. The van der Waals surface area contributed by atoms with Crippen LogP contribution in [0.5, 0.6) is 0 Å². The van der Waals surface area contributed by atoms with Gasteiger partial charge in [0, 0.05) is 19.6 Å². The number of hydrogen-bond acceptors (Lipinski definition) is 4. The highest BCUT2D eigenvalue weighted by Crippen LogP contribution is 2.23. The van der Waals surface area contributed by atoms with Crippen molar-refractivity contribution in [1.29, 1.82) is 0 Å². The van der Waals surface area contributed by atoms with Crippen LogP contribution in [0.2, 0.25) is 0 Å². The molecule has 1 atom stereocenters. The Morgan fingerprint density at radius 3 is 2.82 bits per heavy atom. The maximum atomic E-state index is 4.51. The molecule has 17 heavy (non-hydrogen) atoms. The van der Waals surface area contributed by atoms with Gasteiger partial charge in [0.2, 0.25) is 0 Å². The number of aromatic nitrogens is 2. The molecular weight excluding hydrogens is 212 g/mol. The number of hydrogen-bond donors (Lipinski definition) is 1. The lowest BCUT2D eigenvalue weighted by Crippen LogP contribution is -2.21. The minimum atomic E-state index is 0.807. The molecule has 0 saturated carbocycles. The van der Waals surface area contributed by atoms with E-state index in [9.17, 15) is 0 Å². The highest BCUT2D eigenvalue weighted by Gasteiger charge is 2.21. The third-order valence-corrected chi connectivity index (χ3v) is 3.44. The van der Waals surface area contributed by atoms with Crippen LogP contribution in [0.1, 0.15) is 32.4 Å². The second kappa shape index (κ2) is 5.96. The first-order valence-electron chi connectivity index (χ1n) is 6.60. The van der Waals surface area contributed by atoms with Crippen LogP contribution in [-0.2, 0) is 6.54 Å². The predicted molar refractivity (Wildman–Crippen MR) is 70.0 cm³/mol. The van der Waals surface area contributed by atoms with Crippen LogP contribution in [0, 0.1) is 5.92 Å². The van der Waals surface area contributed by atoms with E-state index in [4.69, 9.17) is 0 Å². The lowest BCUT2D eigenvalue weighted by atomic mass is 10.1. The molecule has 1 aromatic rings. The molecule has 1 saturated heterocycles. The van der Waals surface area contributed by atoms with Crippen LogP contribution < -0.4 is 10.2 Å². The zero-order valence-electron chi connectivity index (χ0n) is 10.8.